The molecule has 0 N–H and O–H groups in total. The second-order valence-corrected chi connectivity index (χ2v) is 7.66. The highest BCUT2D eigenvalue weighted by atomic mass is 127. The molecule has 2 saturated carbocycles. The molecular formula is C16H13IN2O3. The first-order chi connectivity index (χ1) is 10.6. The zero-order chi connectivity index (χ0) is 15.1. The lowest BCUT2D eigenvalue weighted by atomic mass is 9.85. The topological polar surface area (TPSA) is 62.9 Å². The Morgan fingerprint density at radius 1 is 1.18 bits per heavy atom. The normalized spacial score (nSPS) is 37.0. The van der Waals surface area contributed by atoms with Gasteiger partial charge in [0.25, 0.3) is 11.8 Å². The number of hydrogen-bond donors (Lipinski definition) is 0. The number of hydrazone groups is 1. The van der Waals surface area contributed by atoms with E-state index < -0.39 is 0 Å². The third-order valence-electron chi connectivity index (χ3n) is 5.72. The van der Waals surface area contributed by atoms with Crippen molar-refractivity contribution in [2.24, 2.45) is 34.2 Å². The van der Waals surface area contributed by atoms with E-state index in [1.54, 1.807) is 6.07 Å². The van der Waals surface area contributed by atoms with Gasteiger partial charge in [-0.3, -0.25) is 9.59 Å². The number of fused-ring (bicyclic) bond motifs is 3. The van der Waals surface area contributed by atoms with Crippen LogP contribution in [0.4, 0.5) is 0 Å². The fraction of sp³-hybridized carbons (Fsp3) is 0.438. The molecule has 1 aliphatic heterocycles. The first-order valence-electron chi connectivity index (χ1n) is 7.47. The Morgan fingerprint density at radius 3 is 2.32 bits per heavy atom. The van der Waals surface area contributed by atoms with Crippen molar-refractivity contribution in [1.82, 2.24) is 5.01 Å². The molecule has 6 heteroatoms. The molecule has 1 saturated heterocycles. The maximum atomic E-state index is 12.7. The van der Waals surface area contributed by atoms with Crippen molar-refractivity contribution < 1.29 is 14.0 Å². The van der Waals surface area contributed by atoms with Crippen LogP contribution in [0.2, 0.25) is 0 Å². The number of allylic oxidation sites excluding steroid dienone is 2. The minimum atomic E-state index is -0.195. The molecule has 0 aromatic carbocycles. The molecule has 5 nitrogen and oxygen atoms in total. The lowest BCUT2D eigenvalue weighted by Gasteiger charge is -2.18. The Hall–Kier alpha value is -1.44. The summed E-state index contributed by atoms with van der Waals surface area (Å²) < 4.78 is 6.12. The van der Waals surface area contributed by atoms with Gasteiger partial charge in [-0.1, -0.05) is 12.2 Å². The first-order valence-corrected chi connectivity index (χ1v) is 8.55. The zero-order valence-electron chi connectivity index (χ0n) is 11.6. The molecule has 112 valence electrons. The second kappa shape index (κ2) is 4.10. The van der Waals surface area contributed by atoms with Crippen molar-refractivity contribution in [3.63, 3.8) is 0 Å². The number of halogens is 1. The maximum Gasteiger partial charge on any atom is 0.254 e. The molecule has 3 fully saturated rings. The van der Waals surface area contributed by atoms with Crippen LogP contribution in [0, 0.1) is 32.9 Å². The molecule has 0 radical (unpaired) electrons. The summed E-state index contributed by atoms with van der Waals surface area (Å²) in [5, 5.41) is 5.16. The van der Waals surface area contributed by atoms with Gasteiger partial charge in [0.2, 0.25) is 0 Å². The van der Waals surface area contributed by atoms with Crippen molar-refractivity contribution in [3.8, 4) is 0 Å². The van der Waals surface area contributed by atoms with Crippen LogP contribution in [-0.2, 0) is 9.59 Å². The lowest BCUT2D eigenvalue weighted by molar-refractivity contribution is -0.141. The molecule has 2 bridgehead atoms. The van der Waals surface area contributed by atoms with Gasteiger partial charge in [0, 0.05) is 0 Å². The summed E-state index contributed by atoms with van der Waals surface area (Å²) in [6.45, 7) is 0. The molecule has 1 aromatic heterocycles. The molecule has 4 atom stereocenters. The molecule has 2 amide bonds. The fourth-order valence-electron chi connectivity index (χ4n) is 4.69. The van der Waals surface area contributed by atoms with E-state index in [4.69, 9.17) is 4.42 Å². The minimum Gasteiger partial charge on any atom is -0.449 e. The van der Waals surface area contributed by atoms with E-state index in [-0.39, 0.29) is 40.9 Å². The quantitative estimate of drug-likeness (QED) is 0.327. The number of carbonyl (C=O) groups excluding carboxylic acids is 2. The average Bonchev–Trinajstić information content (AvgIpc) is 2.87. The molecular weight excluding hydrogens is 395 g/mol. The van der Waals surface area contributed by atoms with Gasteiger partial charge >= 0.3 is 0 Å². The summed E-state index contributed by atoms with van der Waals surface area (Å²) >= 11 is 2.06. The Kier molecular flexibility index (Phi) is 2.43. The van der Waals surface area contributed by atoms with Crippen LogP contribution >= 0.6 is 22.6 Å². The van der Waals surface area contributed by atoms with Gasteiger partial charge in [0.15, 0.2) is 3.77 Å². The van der Waals surface area contributed by atoms with Gasteiger partial charge in [0.05, 0.1) is 18.1 Å². The van der Waals surface area contributed by atoms with Crippen LogP contribution in [0.25, 0.3) is 0 Å². The lowest BCUT2D eigenvalue weighted by Crippen LogP contribution is -2.30. The molecule has 0 unspecified atom stereocenters. The van der Waals surface area contributed by atoms with E-state index in [2.05, 4.69) is 39.8 Å². The van der Waals surface area contributed by atoms with Crippen molar-refractivity contribution in [1.29, 1.82) is 0 Å². The Bertz CT molecular complexity index is 727. The van der Waals surface area contributed by atoms with Crippen LogP contribution in [0.3, 0.4) is 0 Å². The SMILES string of the molecule is O=C1[C@@H]2[C@H](C(=O)N1N=Cc1ccc(I)o1)[C@H]1C=C[C@H]2C12CC2. The van der Waals surface area contributed by atoms with Crippen molar-refractivity contribution in [3.05, 3.63) is 33.8 Å². The monoisotopic (exact) mass is 408 g/mol. The zero-order valence-corrected chi connectivity index (χ0v) is 13.8. The van der Waals surface area contributed by atoms with Gasteiger partial charge < -0.3 is 4.42 Å². The summed E-state index contributed by atoms with van der Waals surface area (Å²) in [5.74, 6) is 0.346. The van der Waals surface area contributed by atoms with Gasteiger partial charge in [-0.25, -0.2) is 0 Å². The first kappa shape index (κ1) is 13.0. The predicted octanol–water partition coefficient (Wildman–Crippen LogP) is 2.42. The van der Waals surface area contributed by atoms with Crippen LogP contribution in [0.5, 0.6) is 0 Å². The number of carbonyl (C=O) groups is 2. The molecule has 3 aliphatic carbocycles. The molecule has 22 heavy (non-hydrogen) atoms. The number of rotatable bonds is 2. The number of hydrogen-bond acceptors (Lipinski definition) is 4. The molecule has 5 rings (SSSR count). The number of nitrogens with zero attached hydrogens (tertiary/aromatic N) is 2. The van der Waals surface area contributed by atoms with Crippen LogP contribution in [-0.4, -0.2) is 23.0 Å². The second-order valence-electron chi connectivity index (χ2n) is 6.60. The number of imide groups is 1. The van der Waals surface area contributed by atoms with E-state index in [1.165, 1.54) is 6.21 Å². The van der Waals surface area contributed by atoms with Crippen LogP contribution < -0.4 is 0 Å². The fourth-order valence-corrected chi connectivity index (χ4v) is 5.12. The maximum absolute atomic E-state index is 12.7. The smallest absolute Gasteiger partial charge is 0.254 e. The van der Waals surface area contributed by atoms with Crippen molar-refractivity contribution in [2.45, 2.75) is 12.8 Å². The Balaban J connectivity index is 1.45. The summed E-state index contributed by atoms with van der Waals surface area (Å²) in [5.41, 5.74) is 0.230. The largest absolute Gasteiger partial charge is 0.449 e. The van der Waals surface area contributed by atoms with E-state index >= 15 is 0 Å². The van der Waals surface area contributed by atoms with Gasteiger partial charge in [-0.15, -0.1) is 0 Å². The van der Waals surface area contributed by atoms with E-state index in [9.17, 15) is 9.59 Å². The third-order valence-corrected chi connectivity index (χ3v) is 6.30. The summed E-state index contributed by atoms with van der Waals surface area (Å²) in [4.78, 5) is 25.3. The van der Waals surface area contributed by atoms with Crippen LogP contribution in [0.15, 0.2) is 33.8 Å². The van der Waals surface area contributed by atoms with Gasteiger partial charge in [0.1, 0.15) is 5.76 Å². The van der Waals surface area contributed by atoms with Crippen molar-refractivity contribution >= 4 is 40.6 Å². The minimum absolute atomic E-state index is 0.143. The summed E-state index contributed by atoms with van der Waals surface area (Å²) in [6.07, 6.45) is 8.06. The average molecular weight is 408 g/mol. The summed E-state index contributed by atoms with van der Waals surface area (Å²) in [7, 11) is 0. The third kappa shape index (κ3) is 1.46. The van der Waals surface area contributed by atoms with E-state index in [0.717, 1.165) is 21.6 Å². The van der Waals surface area contributed by atoms with E-state index in [1.807, 2.05) is 6.07 Å². The van der Waals surface area contributed by atoms with Crippen molar-refractivity contribution in [2.75, 3.05) is 0 Å². The molecule has 1 spiro atoms. The number of amides is 2. The highest BCUT2D eigenvalue weighted by molar-refractivity contribution is 14.1. The van der Waals surface area contributed by atoms with Crippen LogP contribution in [0.1, 0.15) is 18.6 Å². The van der Waals surface area contributed by atoms with E-state index in [0.29, 0.717) is 5.76 Å². The number of furan rings is 1. The predicted molar refractivity (Wildman–Crippen MR) is 85.6 cm³/mol. The van der Waals surface area contributed by atoms with Gasteiger partial charge in [-0.2, -0.15) is 10.1 Å². The highest BCUT2D eigenvalue weighted by Gasteiger charge is 2.73. The van der Waals surface area contributed by atoms with Gasteiger partial charge in [-0.05, 0) is 64.8 Å². The molecule has 1 aromatic rings. The standard InChI is InChI=1S/C16H13IN2O3/c17-11-4-1-8(22-11)7-18-19-14(20)12-9-2-3-10(13(12)15(19)21)16(9)5-6-16/h1-4,7,9-10,12-13H,5-6H2/t9-,10-,12-,13+/m1/s1. The molecule has 4 aliphatic rings. The Labute approximate surface area is 140 Å². The molecule has 2 heterocycles. The summed E-state index contributed by atoms with van der Waals surface area (Å²) in [6, 6.07) is 3.58. The highest BCUT2D eigenvalue weighted by Crippen LogP contribution is 2.73. The Morgan fingerprint density at radius 2 is 1.82 bits per heavy atom.